The SMILES string of the molecule is Nc1ccc(Sc2cccc(N)c2N)c(N)c1. The Morgan fingerprint density at radius 1 is 0.765 bits per heavy atom. The van der Waals surface area contributed by atoms with Gasteiger partial charge in [0.2, 0.25) is 0 Å². The fourth-order valence-corrected chi connectivity index (χ4v) is 2.35. The molecular formula is C12H14N4S. The first kappa shape index (κ1) is 11.5. The largest absolute Gasteiger partial charge is 0.399 e. The van der Waals surface area contributed by atoms with Crippen molar-refractivity contribution in [3.05, 3.63) is 36.4 Å². The molecule has 0 aliphatic carbocycles. The Labute approximate surface area is 104 Å². The summed E-state index contributed by atoms with van der Waals surface area (Å²) in [4.78, 5) is 1.80. The van der Waals surface area contributed by atoms with Crippen LogP contribution >= 0.6 is 11.8 Å². The Balaban J connectivity index is 2.35. The standard InChI is InChI=1S/C12H14N4S/c13-7-4-5-10(9(15)6-7)17-11-3-1-2-8(14)12(11)16/h1-6H,13-16H2. The molecule has 5 heteroatoms. The van der Waals surface area contributed by atoms with Gasteiger partial charge in [0.25, 0.3) is 0 Å². The average Bonchev–Trinajstić information content (AvgIpc) is 2.28. The van der Waals surface area contributed by atoms with E-state index in [0.29, 0.717) is 22.7 Å². The van der Waals surface area contributed by atoms with E-state index >= 15 is 0 Å². The van der Waals surface area contributed by atoms with Crippen LogP contribution in [0.2, 0.25) is 0 Å². The highest BCUT2D eigenvalue weighted by molar-refractivity contribution is 7.99. The Bertz CT molecular complexity index is 554. The van der Waals surface area contributed by atoms with E-state index in [4.69, 9.17) is 22.9 Å². The Kier molecular flexibility index (Phi) is 3.01. The van der Waals surface area contributed by atoms with Crippen LogP contribution in [0, 0.1) is 0 Å². The summed E-state index contributed by atoms with van der Waals surface area (Å²) in [5, 5.41) is 0. The molecule has 0 saturated heterocycles. The molecular weight excluding hydrogens is 232 g/mol. The smallest absolute Gasteiger partial charge is 0.0689 e. The lowest BCUT2D eigenvalue weighted by atomic mass is 10.3. The van der Waals surface area contributed by atoms with Crippen molar-refractivity contribution in [2.24, 2.45) is 0 Å². The first-order chi connectivity index (χ1) is 8.08. The third-order valence-corrected chi connectivity index (χ3v) is 3.52. The zero-order chi connectivity index (χ0) is 12.4. The number of hydrogen-bond donors (Lipinski definition) is 4. The summed E-state index contributed by atoms with van der Waals surface area (Å²) in [6.07, 6.45) is 0. The van der Waals surface area contributed by atoms with Gasteiger partial charge in [-0.1, -0.05) is 17.8 Å². The molecule has 0 aromatic heterocycles. The number of hydrogen-bond acceptors (Lipinski definition) is 5. The van der Waals surface area contributed by atoms with Gasteiger partial charge in [-0.25, -0.2) is 0 Å². The molecule has 0 unspecified atom stereocenters. The van der Waals surface area contributed by atoms with Crippen LogP contribution in [-0.2, 0) is 0 Å². The molecule has 0 spiro atoms. The lowest BCUT2D eigenvalue weighted by Crippen LogP contribution is -1.97. The summed E-state index contributed by atoms with van der Waals surface area (Å²) in [6.45, 7) is 0. The highest BCUT2D eigenvalue weighted by Gasteiger charge is 2.06. The molecule has 0 fully saturated rings. The molecule has 0 heterocycles. The van der Waals surface area contributed by atoms with Crippen LogP contribution in [0.15, 0.2) is 46.2 Å². The van der Waals surface area contributed by atoms with Crippen molar-refractivity contribution in [3.8, 4) is 0 Å². The van der Waals surface area contributed by atoms with Crippen molar-refractivity contribution in [1.82, 2.24) is 0 Å². The van der Waals surface area contributed by atoms with Crippen molar-refractivity contribution >= 4 is 34.5 Å². The molecule has 8 N–H and O–H groups in total. The minimum atomic E-state index is 0.573. The van der Waals surface area contributed by atoms with Crippen molar-refractivity contribution in [2.75, 3.05) is 22.9 Å². The van der Waals surface area contributed by atoms with E-state index in [1.54, 1.807) is 18.2 Å². The highest BCUT2D eigenvalue weighted by Crippen LogP contribution is 2.37. The molecule has 0 saturated carbocycles. The monoisotopic (exact) mass is 246 g/mol. The van der Waals surface area contributed by atoms with Gasteiger partial charge in [0, 0.05) is 21.2 Å². The molecule has 0 atom stereocenters. The van der Waals surface area contributed by atoms with Gasteiger partial charge in [-0.15, -0.1) is 0 Å². The molecule has 17 heavy (non-hydrogen) atoms. The van der Waals surface area contributed by atoms with Crippen LogP contribution < -0.4 is 22.9 Å². The summed E-state index contributed by atoms with van der Waals surface area (Å²) in [7, 11) is 0. The molecule has 0 bridgehead atoms. The maximum atomic E-state index is 5.90. The number of para-hydroxylation sites is 1. The zero-order valence-electron chi connectivity index (χ0n) is 9.18. The zero-order valence-corrected chi connectivity index (χ0v) is 10.00. The van der Waals surface area contributed by atoms with Gasteiger partial charge in [-0.3, -0.25) is 0 Å². The Hall–Kier alpha value is -2.01. The topological polar surface area (TPSA) is 104 Å². The summed E-state index contributed by atoms with van der Waals surface area (Å²) in [5.41, 5.74) is 25.6. The molecule has 0 amide bonds. The van der Waals surface area contributed by atoms with Gasteiger partial charge >= 0.3 is 0 Å². The molecule has 0 radical (unpaired) electrons. The van der Waals surface area contributed by atoms with E-state index < -0.39 is 0 Å². The van der Waals surface area contributed by atoms with Gasteiger partial charge in [0.15, 0.2) is 0 Å². The molecule has 4 nitrogen and oxygen atoms in total. The first-order valence-electron chi connectivity index (χ1n) is 5.04. The molecule has 88 valence electrons. The van der Waals surface area contributed by atoms with Crippen LogP contribution in [0.1, 0.15) is 0 Å². The molecule has 2 aromatic rings. The van der Waals surface area contributed by atoms with E-state index in [1.807, 2.05) is 18.2 Å². The van der Waals surface area contributed by atoms with Crippen LogP contribution in [0.25, 0.3) is 0 Å². The molecule has 0 aliphatic heterocycles. The number of nitrogen functional groups attached to an aromatic ring is 4. The number of rotatable bonds is 2. The second-order valence-corrected chi connectivity index (χ2v) is 4.74. The highest BCUT2D eigenvalue weighted by atomic mass is 32.2. The van der Waals surface area contributed by atoms with E-state index in [2.05, 4.69) is 0 Å². The lowest BCUT2D eigenvalue weighted by molar-refractivity contribution is 1.41. The normalized spacial score (nSPS) is 10.4. The second kappa shape index (κ2) is 4.47. The Morgan fingerprint density at radius 3 is 2.24 bits per heavy atom. The number of nitrogens with two attached hydrogens (primary N) is 4. The van der Waals surface area contributed by atoms with Crippen LogP contribution in [0.3, 0.4) is 0 Å². The quantitative estimate of drug-likeness (QED) is 0.608. The third kappa shape index (κ3) is 2.39. The summed E-state index contributed by atoms with van der Waals surface area (Å²) in [5.74, 6) is 0. The van der Waals surface area contributed by atoms with E-state index in [0.717, 1.165) is 9.79 Å². The van der Waals surface area contributed by atoms with Gasteiger partial charge in [-0.2, -0.15) is 0 Å². The van der Waals surface area contributed by atoms with E-state index in [1.165, 1.54) is 11.8 Å². The lowest BCUT2D eigenvalue weighted by Gasteiger charge is -2.09. The summed E-state index contributed by atoms with van der Waals surface area (Å²) < 4.78 is 0. The van der Waals surface area contributed by atoms with Crippen molar-refractivity contribution < 1.29 is 0 Å². The average molecular weight is 246 g/mol. The van der Waals surface area contributed by atoms with Crippen LogP contribution in [-0.4, -0.2) is 0 Å². The predicted octanol–water partition coefficient (Wildman–Crippen LogP) is 2.17. The maximum absolute atomic E-state index is 5.90. The predicted molar refractivity (Wildman–Crippen MR) is 74.7 cm³/mol. The molecule has 2 aromatic carbocycles. The molecule has 2 rings (SSSR count). The maximum Gasteiger partial charge on any atom is 0.0689 e. The summed E-state index contributed by atoms with van der Waals surface area (Å²) >= 11 is 1.48. The third-order valence-electron chi connectivity index (χ3n) is 2.35. The van der Waals surface area contributed by atoms with Crippen LogP contribution in [0.5, 0.6) is 0 Å². The number of anilines is 4. The van der Waals surface area contributed by atoms with E-state index in [-0.39, 0.29) is 0 Å². The van der Waals surface area contributed by atoms with Gasteiger partial charge in [0.05, 0.1) is 11.4 Å². The minimum absolute atomic E-state index is 0.573. The van der Waals surface area contributed by atoms with Gasteiger partial charge < -0.3 is 22.9 Å². The minimum Gasteiger partial charge on any atom is -0.399 e. The van der Waals surface area contributed by atoms with E-state index in [9.17, 15) is 0 Å². The number of benzene rings is 2. The fourth-order valence-electron chi connectivity index (χ4n) is 1.43. The second-order valence-electron chi connectivity index (χ2n) is 3.66. The van der Waals surface area contributed by atoms with Crippen molar-refractivity contribution in [1.29, 1.82) is 0 Å². The summed E-state index contributed by atoms with van der Waals surface area (Å²) in [6, 6.07) is 10.9. The van der Waals surface area contributed by atoms with Crippen molar-refractivity contribution in [3.63, 3.8) is 0 Å². The first-order valence-corrected chi connectivity index (χ1v) is 5.86. The van der Waals surface area contributed by atoms with Gasteiger partial charge in [-0.05, 0) is 30.3 Å². The Morgan fingerprint density at radius 2 is 1.53 bits per heavy atom. The van der Waals surface area contributed by atoms with Crippen molar-refractivity contribution in [2.45, 2.75) is 9.79 Å². The molecule has 0 aliphatic rings. The van der Waals surface area contributed by atoms with Crippen LogP contribution in [0.4, 0.5) is 22.7 Å². The van der Waals surface area contributed by atoms with Gasteiger partial charge in [0.1, 0.15) is 0 Å². The fraction of sp³-hybridized carbons (Fsp3) is 0.